The molecule has 1 aromatic rings. The number of primary amides is 1. The zero-order valence-electron chi connectivity index (χ0n) is 9.32. The van der Waals surface area contributed by atoms with Crippen molar-refractivity contribution in [2.24, 2.45) is 5.73 Å². The predicted molar refractivity (Wildman–Crippen MR) is 62.4 cm³/mol. The Hall–Kier alpha value is -1.64. The van der Waals surface area contributed by atoms with E-state index in [4.69, 9.17) is 5.73 Å². The van der Waals surface area contributed by atoms with Crippen molar-refractivity contribution in [2.45, 2.75) is 25.7 Å². The lowest BCUT2D eigenvalue weighted by molar-refractivity contribution is -0.119. The van der Waals surface area contributed by atoms with Crippen LogP contribution in [0.4, 0.5) is 4.39 Å². The molecule has 0 aliphatic rings. The SMILES string of the molecule is CCC=CCC(C(N)=O)c1ccc(F)cc1. The fourth-order valence-corrected chi connectivity index (χ4v) is 1.51. The summed E-state index contributed by atoms with van der Waals surface area (Å²) < 4.78 is 12.7. The van der Waals surface area contributed by atoms with Crippen molar-refractivity contribution in [3.05, 3.63) is 47.8 Å². The van der Waals surface area contributed by atoms with Gasteiger partial charge in [0, 0.05) is 0 Å². The van der Waals surface area contributed by atoms with Crippen LogP contribution in [0.25, 0.3) is 0 Å². The van der Waals surface area contributed by atoms with Gasteiger partial charge in [0.1, 0.15) is 5.82 Å². The Morgan fingerprint density at radius 1 is 1.38 bits per heavy atom. The van der Waals surface area contributed by atoms with E-state index in [-0.39, 0.29) is 17.6 Å². The van der Waals surface area contributed by atoms with E-state index in [1.165, 1.54) is 12.1 Å². The van der Waals surface area contributed by atoms with E-state index in [0.717, 1.165) is 12.0 Å². The normalized spacial score (nSPS) is 12.9. The first-order chi connectivity index (χ1) is 7.65. The lowest BCUT2D eigenvalue weighted by Gasteiger charge is -2.11. The molecule has 0 radical (unpaired) electrons. The molecule has 0 aromatic heterocycles. The lowest BCUT2D eigenvalue weighted by Crippen LogP contribution is -2.20. The molecule has 0 aliphatic heterocycles. The molecule has 1 unspecified atom stereocenters. The number of carbonyl (C=O) groups excluding carboxylic acids is 1. The fraction of sp³-hybridized carbons (Fsp3) is 0.308. The highest BCUT2D eigenvalue weighted by atomic mass is 19.1. The van der Waals surface area contributed by atoms with Crippen LogP contribution in [-0.2, 0) is 4.79 Å². The molecule has 0 bridgehead atoms. The molecule has 0 spiro atoms. The molecule has 0 saturated carbocycles. The van der Waals surface area contributed by atoms with Gasteiger partial charge in [0.15, 0.2) is 0 Å². The predicted octanol–water partition coefficient (Wildman–Crippen LogP) is 2.75. The minimum atomic E-state index is -0.382. The highest BCUT2D eigenvalue weighted by Crippen LogP contribution is 2.20. The van der Waals surface area contributed by atoms with Crippen molar-refractivity contribution in [1.29, 1.82) is 0 Å². The quantitative estimate of drug-likeness (QED) is 0.763. The molecule has 3 heteroatoms. The van der Waals surface area contributed by atoms with Gasteiger partial charge in [-0.2, -0.15) is 0 Å². The summed E-state index contributed by atoms with van der Waals surface area (Å²) in [7, 11) is 0. The van der Waals surface area contributed by atoms with Gasteiger partial charge in [0.25, 0.3) is 0 Å². The van der Waals surface area contributed by atoms with Gasteiger partial charge in [0.05, 0.1) is 5.92 Å². The maximum atomic E-state index is 12.7. The first kappa shape index (κ1) is 12.4. The average Bonchev–Trinajstić information content (AvgIpc) is 2.26. The van der Waals surface area contributed by atoms with Gasteiger partial charge in [-0.1, -0.05) is 31.2 Å². The van der Waals surface area contributed by atoms with Gasteiger partial charge in [-0.05, 0) is 30.5 Å². The van der Waals surface area contributed by atoms with Crippen LogP contribution in [0.15, 0.2) is 36.4 Å². The van der Waals surface area contributed by atoms with Gasteiger partial charge in [0.2, 0.25) is 5.91 Å². The van der Waals surface area contributed by atoms with Crippen LogP contribution < -0.4 is 5.73 Å². The second-order valence-electron chi connectivity index (χ2n) is 3.62. The Morgan fingerprint density at radius 2 is 2.00 bits per heavy atom. The minimum Gasteiger partial charge on any atom is -0.369 e. The summed E-state index contributed by atoms with van der Waals surface area (Å²) in [4.78, 5) is 11.3. The third kappa shape index (κ3) is 3.50. The molecule has 1 aromatic carbocycles. The molecule has 2 N–H and O–H groups in total. The summed E-state index contributed by atoms with van der Waals surface area (Å²) in [5.74, 6) is -1.06. The van der Waals surface area contributed by atoms with Gasteiger partial charge in [-0.15, -0.1) is 0 Å². The van der Waals surface area contributed by atoms with E-state index in [0.29, 0.717) is 6.42 Å². The summed E-state index contributed by atoms with van der Waals surface area (Å²) in [6, 6.07) is 5.89. The maximum absolute atomic E-state index is 12.7. The van der Waals surface area contributed by atoms with Crippen molar-refractivity contribution < 1.29 is 9.18 Å². The van der Waals surface area contributed by atoms with Crippen LogP contribution in [-0.4, -0.2) is 5.91 Å². The van der Waals surface area contributed by atoms with E-state index < -0.39 is 0 Å². The van der Waals surface area contributed by atoms with Crippen LogP contribution in [0.2, 0.25) is 0 Å². The van der Waals surface area contributed by atoms with E-state index >= 15 is 0 Å². The van der Waals surface area contributed by atoms with Crippen molar-refractivity contribution >= 4 is 5.91 Å². The number of allylic oxidation sites excluding steroid dienone is 2. The van der Waals surface area contributed by atoms with Gasteiger partial charge >= 0.3 is 0 Å². The molecule has 86 valence electrons. The molecule has 0 aliphatic carbocycles. The molecule has 16 heavy (non-hydrogen) atoms. The Labute approximate surface area is 95.0 Å². The van der Waals surface area contributed by atoms with Crippen LogP contribution in [0, 0.1) is 5.82 Å². The van der Waals surface area contributed by atoms with Gasteiger partial charge in [-0.3, -0.25) is 4.79 Å². The third-order valence-electron chi connectivity index (χ3n) is 2.39. The highest BCUT2D eigenvalue weighted by molar-refractivity contribution is 5.82. The van der Waals surface area contributed by atoms with Crippen LogP contribution in [0.1, 0.15) is 31.2 Å². The first-order valence-corrected chi connectivity index (χ1v) is 5.35. The second kappa shape index (κ2) is 6.05. The van der Waals surface area contributed by atoms with Crippen molar-refractivity contribution in [2.75, 3.05) is 0 Å². The third-order valence-corrected chi connectivity index (χ3v) is 2.39. The number of rotatable bonds is 5. The highest BCUT2D eigenvalue weighted by Gasteiger charge is 2.15. The van der Waals surface area contributed by atoms with Gasteiger partial charge < -0.3 is 5.73 Å². The maximum Gasteiger partial charge on any atom is 0.225 e. The number of amides is 1. The molecule has 0 saturated heterocycles. The van der Waals surface area contributed by atoms with Gasteiger partial charge in [-0.25, -0.2) is 4.39 Å². The lowest BCUT2D eigenvalue weighted by atomic mass is 9.95. The summed E-state index contributed by atoms with van der Waals surface area (Å²) >= 11 is 0. The zero-order valence-corrected chi connectivity index (χ0v) is 9.32. The fourth-order valence-electron chi connectivity index (χ4n) is 1.51. The Bertz CT molecular complexity index is 370. The molecule has 2 nitrogen and oxygen atoms in total. The van der Waals surface area contributed by atoms with Crippen molar-refractivity contribution in [3.63, 3.8) is 0 Å². The Kier molecular flexibility index (Phi) is 4.70. The topological polar surface area (TPSA) is 43.1 Å². The molecular weight excluding hydrogens is 205 g/mol. The van der Waals surface area contributed by atoms with Crippen LogP contribution in [0.3, 0.4) is 0 Å². The largest absolute Gasteiger partial charge is 0.369 e. The van der Waals surface area contributed by atoms with Crippen LogP contribution >= 0.6 is 0 Å². The minimum absolute atomic E-state index is 0.309. The second-order valence-corrected chi connectivity index (χ2v) is 3.62. The summed E-state index contributed by atoms with van der Waals surface area (Å²) in [5, 5.41) is 0. The molecule has 1 rings (SSSR count). The molecule has 1 atom stereocenters. The number of hydrogen-bond acceptors (Lipinski definition) is 1. The zero-order chi connectivity index (χ0) is 12.0. The van der Waals surface area contributed by atoms with Crippen LogP contribution in [0.5, 0.6) is 0 Å². The number of hydrogen-bond donors (Lipinski definition) is 1. The number of benzene rings is 1. The van der Waals surface area contributed by atoms with E-state index in [9.17, 15) is 9.18 Å². The van der Waals surface area contributed by atoms with E-state index in [2.05, 4.69) is 0 Å². The monoisotopic (exact) mass is 221 g/mol. The molecule has 1 amide bonds. The van der Waals surface area contributed by atoms with Crippen molar-refractivity contribution in [1.82, 2.24) is 0 Å². The summed E-state index contributed by atoms with van der Waals surface area (Å²) in [6.07, 6.45) is 5.40. The smallest absolute Gasteiger partial charge is 0.225 e. The van der Waals surface area contributed by atoms with Crippen molar-refractivity contribution in [3.8, 4) is 0 Å². The Balaban J connectivity index is 2.81. The average molecular weight is 221 g/mol. The number of nitrogens with two attached hydrogens (primary N) is 1. The molecule has 0 heterocycles. The summed E-state index contributed by atoms with van der Waals surface area (Å²) in [5.41, 5.74) is 6.08. The van der Waals surface area contributed by atoms with E-state index in [1.54, 1.807) is 12.1 Å². The summed E-state index contributed by atoms with van der Waals surface area (Å²) in [6.45, 7) is 2.02. The number of halogens is 1. The number of carbonyl (C=O) groups is 1. The standard InChI is InChI=1S/C13H16FNO/c1-2-3-4-5-12(13(15)16)10-6-8-11(14)9-7-10/h3-4,6-9,12H,2,5H2,1H3,(H2,15,16). The molecule has 0 fully saturated rings. The van der Waals surface area contributed by atoms with E-state index in [1.807, 2.05) is 19.1 Å². The first-order valence-electron chi connectivity index (χ1n) is 5.35. The molecular formula is C13H16FNO. The Morgan fingerprint density at radius 3 is 2.50 bits per heavy atom.